The molecule has 2 aromatic heterocycles. The number of nitrogens with zero attached hydrogens (tertiary/aromatic N) is 3. The molecule has 0 radical (unpaired) electrons. The van der Waals surface area contributed by atoms with Crippen molar-refractivity contribution in [3.63, 3.8) is 0 Å². The number of hydrogen-bond donors (Lipinski definition) is 0. The van der Waals surface area contributed by atoms with Crippen molar-refractivity contribution in [2.24, 2.45) is 0 Å². The minimum Gasteiger partial charge on any atom is -0.337 e. The normalized spacial score (nSPS) is 11.1. The van der Waals surface area contributed by atoms with Gasteiger partial charge in [0.1, 0.15) is 12.4 Å². The highest BCUT2D eigenvalue weighted by Crippen LogP contribution is 2.21. The molecule has 1 aromatic carbocycles. The number of benzene rings is 1. The Morgan fingerprint density at radius 2 is 2.12 bits per heavy atom. The van der Waals surface area contributed by atoms with Crippen LogP contribution in [0.1, 0.15) is 18.4 Å². The topological polar surface area (TPSA) is 59.2 Å². The third-order valence-corrected chi connectivity index (χ3v) is 4.38. The Labute approximate surface area is 148 Å². The monoisotopic (exact) mass is 357 g/mol. The summed E-state index contributed by atoms with van der Waals surface area (Å²) >= 11 is 1.52. The van der Waals surface area contributed by atoms with Crippen molar-refractivity contribution >= 4 is 23.3 Å². The number of carbonyl (C=O) groups is 1. The van der Waals surface area contributed by atoms with E-state index in [1.807, 2.05) is 24.4 Å². The minimum atomic E-state index is -0.309. The fraction of sp³-hybridized carbons (Fsp3) is 0.167. The minimum absolute atomic E-state index is 0.178. The van der Waals surface area contributed by atoms with Gasteiger partial charge in [0.15, 0.2) is 0 Å². The number of amides is 1. The van der Waals surface area contributed by atoms with Crippen molar-refractivity contribution in [3.05, 3.63) is 65.1 Å². The fourth-order valence-corrected chi connectivity index (χ4v) is 2.83. The Hall–Kier alpha value is -2.80. The number of halogens is 1. The van der Waals surface area contributed by atoms with Crippen LogP contribution in [0, 0.1) is 5.82 Å². The number of thiophene rings is 1. The summed E-state index contributed by atoms with van der Waals surface area (Å²) in [5.74, 6) is 0.420. The molecule has 5 nitrogen and oxygen atoms in total. The van der Waals surface area contributed by atoms with Gasteiger partial charge in [0.25, 0.3) is 0 Å². The molecule has 2 heterocycles. The van der Waals surface area contributed by atoms with E-state index in [0.29, 0.717) is 18.3 Å². The van der Waals surface area contributed by atoms with Gasteiger partial charge in [0.2, 0.25) is 17.6 Å². The molecule has 0 bridgehead atoms. The van der Waals surface area contributed by atoms with E-state index in [1.54, 1.807) is 23.1 Å². The van der Waals surface area contributed by atoms with Crippen LogP contribution >= 0.6 is 11.3 Å². The van der Waals surface area contributed by atoms with E-state index in [1.165, 1.54) is 29.5 Å². The molecule has 3 rings (SSSR count). The number of hydrogen-bond acceptors (Lipinski definition) is 5. The SMILES string of the molecule is CCN(Cc1nc(-c2cccs2)no1)C(=O)/C=C/c1ccc(F)cc1. The maximum atomic E-state index is 12.9. The van der Waals surface area contributed by atoms with Crippen LogP contribution in [0.3, 0.4) is 0 Å². The van der Waals surface area contributed by atoms with Crippen molar-refractivity contribution in [2.45, 2.75) is 13.5 Å². The Morgan fingerprint density at radius 1 is 1.32 bits per heavy atom. The summed E-state index contributed by atoms with van der Waals surface area (Å²) in [6, 6.07) is 9.76. The highest BCUT2D eigenvalue weighted by atomic mass is 32.1. The average Bonchev–Trinajstić information content (AvgIpc) is 3.30. The Morgan fingerprint density at radius 3 is 2.80 bits per heavy atom. The molecule has 0 saturated heterocycles. The second kappa shape index (κ2) is 7.85. The van der Waals surface area contributed by atoms with Gasteiger partial charge in [0, 0.05) is 12.6 Å². The summed E-state index contributed by atoms with van der Waals surface area (Å²) in [6.45, 7) is 2.62. The van der Waals surface area contributed by atoms with Gasteiger partial charge in [-0.3, -0.25) is 4.79 Å². The average molecular weight is 357 g/mol. The first kappa shape index (κ1) is 17.0. The predicted octanol–water partition coefficient (Wildman–Crippen LogP) is 4.00. The van der Waals surface area contributed by atoms with Crippen molar-refractivity contribution < 1.29 is 13.7 Å². The van der Waals surface area contributed by atoms with E-state index in [4.69, 9.17) is 4.52 Å². The van der Waals surface area contributed by atoms with Gasteiger partial charge in [-0.15, -0.1) is 11.3 Å². The first-order valence-electron chi connectivity index (χ1n) is 7.74. The zero-order valence-electron chi connectivity index (χ0n) is 13.6. The van der Waals surface area contributed by atoms with Crippen LogP contribution in [0.4, 0.5) is 4.39 Å². The van der Waals surface area contributed by atoms with Gasteiger partial charge in [-0.1, -0.05) is 23.4 Å². The molecule has 3 aromatic rings. The lowest BCUT2D eigenvalue weighted by Crippen LogP contribution is -2.28. The van der Waals surface area contributed by atoms with E-state index >= 15 is 0 Å². The molecular formula is C18H16FN3O2S. The van der Waals surface area contributed by atoms with E-state index < -0.39 is 0 Å². The van der Waals surface area contributed by atoms with E-state index in [-0.39, 0.29) is 18.3 Å². The maximum absolute atomic E-state index is 12.9. The van der Waals surface area contributed by atoms with Crippen LogP contribution in [0.2, 0.25) is 0 Å². The van der Waals surface area contributed by atoms with E-state index in [0.717, 1.165) is 10.4 Å². The van der Waals surface area contributed by atoms with Crippen molar-refractivity contribution in [1.82, 2.24) is 15.0 Å². The quantitative estimate of drug-likeness (QED) is 0.626. The lowest BCUT2D eigenvalue weighted by atomic mass is 10.2. The van der Waals surface area contributed by atoms with E-state index in [2.05, 4.69) is 10.1 Å². The molecule has 1 amide bonds. The van der Waals surface area contributed by atoms with Gasteiger partial charge >= 0.3 is 0 Å². The van der Waals surface area contributed by atoms with Crippen LogP contribution in [0.5, 0.6) is 0 Å². The maximum Gasteiger partial charge on any atom is 0.247 e. The first-order valence-corrected chi connectivity index (χ1v) is 8.62. The van der Waals surface area contributed by atoms with Crippen molar-refractivity contribution in [1.29, 1.82) is 0 Å². The smallest absolute Gasteiger partial charge is 0.247 e. The molecule has 0 N–H and O–H groups in total. The molecule has 7 heteroatoms. The van der Waals surface area contributed by atoms with Gasteiger partial charge in [0.05, 0.1) is 4.88 Å². The van der Waals surface area contributed by atoms with Crippen LogP contribution in [0.25, 0.3) is 16.8 Å². The van der Waals surface area contributed by atoms with Crippen LogP contribution < -0.4 is 0 Å². The number of rotatable bonds is 6. The lowest BCUT2D eigenvalue weighted by Gasteiger charge is -2.16. The molecular weight excluding hydrogens is 341 g/mol. The summed E-state index contributed by atoms with van der Waals surface area (Å²) in [7, 11) is 0. The second-order valence-electron chi connectivity index (χ2n) is 5.23. The third kappa shape index (κ3) is 4.39. The van der Waals surface area contributed by atoms with Gasteiger partial charge in [-0.2, -0.15) is 4.98 Å². The van der Waals surface area contributed by atoms with Crippen LogP contribution in [0.15, 0.2) is 52.4 Å². The highest BCUT2D eigenvalue weighted by molar-refractivity contribution is 7.13. The summed E-state index contributed by atoms with van der Waals surface area (Å²) in [4.78, 5) is 19.2. The molecule has 128 valence electrons. The zero-order valence-corrected chi connectivity index (χ0v) is 14.4. The highest BCUT2D eigenvalue weighted by Gasteiger charge is 2.15. The van der Waals surface area contributed by atoms with Gasteiger partial charge < -0.3 is 9.42 Å². The third-order valence-electron chi connectivity index (χ3n) is 3.52. The predicted molar refractivity (Wildman–Crippen MR) is 94.1 cm³/mol. The van der Waals surface area contributed by atoms with Gasteiger partial charge in [-0.05, 0) is 42.1 Å². The molecule has 25 heavy (non-hydrogen) atoms. The standard InChI is InChI=1S/C18H16FN3O2S/c1-2-22(17(23)10-7-13-5-8-14(19)9-6-13)12-16-20-18(21-24-16)15-4-3-11-25-15/h3-11H,2,12H2,1H3/b10-7+. The Bertz CT molecular complexity index is 857. The van der Waals surface area contributed by atoms with Crippen molar-refractivity contribution in [3.8, 4) is 10.7 Å². The summed E-state index contributed by atoms with van der Waals surface area (Å²) < 4.78 is 18.1. The van der Waals surface area contributed by atoms with Gasteiger partial charge in [-0.25, -0.2) is 4.39 Å². The Kier molecular flexibility index (Phi) is 5.35. The van der Waals surface area contributed by atoms with E-state index in [9.17, 15) is 9.18 Å². The van der Waals surface area contributed by atoms with Crippen LogP contribution in [-0.4, -0.2) is 27.5 Å². The molecule has 0 aliphatic heterocycles. The number of aromatic nitrogens is 2. The summed E-state index contributed by atoms with van der Waals surface area (Å²) in [5, 5.41) is 5.88. The number of carbonyl (C=O) groups excluding carboxylic acids is 1. The molecule has 0 fully saturated rings. The molecule has 0 saturated carbocycles. The lowest BCUT2D eigenvalue weighted by molar-refractivity contribution is -0.126. The molecule has 0 aliphatic rings. The van der Waals surface area contributed by atoms with Crippen LogP contribution in [-0.2, 0) is 11.3 Å². The fourth-order valence-electron chi connectivity index (χ4n) is 2.18. The summed E-state index contributed by atoms with van der Waals surface area (Å²) in [6.07, 6.45) is 3.10. The Balaban J connectivity index is 1.65. The molecule has 0 aliphatic carbocycles. The zero-order chi connectivity index (χ0) is 17.6. The summed E-state index contributed by atoms with van der Waals surface area (Å²) in [5.41, 5.74) is 0.753. The largest absolute Gasteiger partial charge is 0.337 e. The second-order valence-corrected chi connectivity index (χ2v) is 6.17. The first-order chi connectivity index (χ1) is 12.2. The van der Waals surface area contributed by atoms with Crippen molar-refractivity contribution in [2.75, 3.05) is 6.54 Å². The number of likely N-dealkylation sites (N-methyl/N-ethyl adjacent to an activating group) is 1. The molecule has 0 unspecified atom stereocenters. The molecule has 0 spiro atoms. The molecule has 0 atom stereocenters.